The van der Waals surface area contributed by atoms with E-state index in [1.165, 1.54) is 35.0 Å². The molecule has 0 N–H and O–H groups in total. The van der Waals surface area contributed by atoms with Crippen molar-refractivity contribution in [3.63, 3.8) is 0 Å². The first-order chi connectivity index (χ1) is 15.4. The zero-order chi connectivity index (χ0) is 22.7. The molecule has 0 bridgehead atoms. The first-order valence-corrected chi connectivity index (χ1v) is 12.6. The van der Waals surface area contributed by atoms with Gasteiger partial charge in [0.15, 0.2) is 0 Å². The van der Waals surface area contributed by atoms with Gasteiger partial charge in [-0.1, -0.05) is 18.2 Å². The number of rotatable bonds is 6. The molecule has 1 amide bonds. The van der Waals surface area contributed by atoms with E-state index in [0.717, 1.165) is 30.8 Å². The predicted octanol–water partition coefficient (Wildman–Crippen LogP) is 3.49. The zero-order valence-corrected chi connectivity index (χ0v) is 19.2. The summed E-state index contributed by atoms with van der Waals surface area (Å²) < 4.78 is 40.6. The lowest BCUT2D eigenvalue weighted by atomic mass is 9.98. The summed E-state index contributed by atoms with van der Waals surface area (Å²) in [4.78, 5) is 17.4. The summed E-state index contributed by atoms with van der Waals surface area (Å²) in [6.45, 7) is 3.08. The molecule has 0 radical (unpaired) electrons. The Labute approximate surface area is 189 Å². The van der Waals surface area contributed by atoms with Crippen molar-refractivity contribution in [3.05, 3.63) is 59.9 Å². The number of benzene rings is 2. The summed E-state index contributed by atoms with van der Waals surface area (Å²) in [5.41, 5.74) is 2.28. The number of sulfonamides is 1. The maximum atomic E-state index is 13.2. The van der Waals surface area contributed by atoms with Gasteiger partial charge in [-0.25, -0.2) is 12.8 Å². The van der Waals surface area contributed by atoms with Crippen molar-refractivity contribution in [1.82, 2.24) is 9.21 Å². The summed E-state index contributed by atoms with van der Waals surface area (Å²) in [6.07, 6.45) is 3.65. The van der Waals surface area contributed by atoms with E-state index >= 15 is 0 Å². The lowest BCUT2D eigenvalue weighted by Gasteiger charge is -2.33. The Morgan fingerprint density at radius 1 is 1.03 bits per heavy atom. The van der Waals surface area contributed by atoms with Crippen LogP contribution in [0.15, 0.2) is 53.4 Å². The molecule has 0 unspecified atom stereocenters. The predicted molar refractivity (Wildman–Crippen MR) is 122 cm³/mol. The van der Waals surface area contributed by atoms with E-state index < -0.39 is 15.8 Å². The van der Waals surface area contributed by atoms with Gasteiger partial charge < -0.3 is 9.80 Å². The number of nitrogens with zero attached hydrogens (tertiary/aromatic N) is 3. The molecule has 2 aromatic rings. The van der Waals surface area contributed by atoms with E-state index in [4.69, 9.17) is 0 Å². The highest BCUT2D eigenvalue weighted by molar-refractivity contribution is 7.89. The average molecular weight is 460 g/mol. The van der Waals surface area contributed by atoms with Gasteiger partial charge in [0, 0.05) is 45.5 Å². The van der Waals surface area contributed by atoms with E-state index in [-0.39, 0.29) is 23.3 Å². The van der Waals surface area contributed by atoms with Crippen LogP contribution in [-0.4, -0.2) is 56.8 Å². The van der Waals surface area contributed by atoms with Crippen molar-refractivity contribution in [2.24, 2.45) is 5.92 Å². The summed E-state index contributed by atoms with van der Waals surface area (Å²) >= 11 is 0. The van der Waals surface area contributed by atoms with E-state index in [1.807, 2.05) is 12.1 Å². The van der Waals surface area contributed by atoms with Crippen LogP contribution in [-0.2, 0) is 21.4 Å². The molecule has 2 aromatic carbocycles. The fourth-order valence-electron chi connectivity index (χ4n) is 4.67. The number of piperidine rings is 1. The summed E-state index contributed by atoms with van der Waals surface area (Å²) in [5, 5.41) is 0. The van der Waals surface area contributed by atoms with Gasteiger partial charge >= 0.3 is 0 Å². The smallest absolute Gasteiger partial charge is 0.243 e. The Kier molecular flexibility index (Phi) is 6.81. The zero-order valence-electron chi connectivity index (χ0n) is 18.4. The first-order valence-electron chi connectivity index (χ1n) is 11.2. The van der Waals surface area contributed by atoms with Gasteiger partial charge in [-0.2, -0.15) is 4.31 Å². The molecule has 4 rings (SSSR count). The minimum Gasteiger partial charge on any atom is -0.371 e. The quantitative estimate of drug-likeness (QED) is 0.664. The van der Waals surface area contributed by atoms with Crippen LogP contribution in [0.3, 0.4) is 0 Å². The Bertz CT molecular complexity index is 1050. The third-order valence-corrected chi connectivity index (χ3v) is 8.29. The SMILES string of the molecule is CN(Cc1ccccc1N1CCCC1)C(=O)[C@@H]1CCCN(S(=O)(=O)c2ccc(F)cc2)C1. The lowest BCUT2D eigenvalue weighted by Crippen LogP contribution is -2.45. The third-order valence-electron chi connectivity index (χ3n) is 6.41. The molecular weight excluding hydrogens is 429 g/mol. The Morgan fingerprint density at radius 3 is 2.44 bits per heavy atom. The highest BCUT2D eigenvalue weighted by atomic mass is 32.2. The minimum atomic E-state index is -3.76. The van der Waals surface area contributed by atoms with Gasteiger partial charge in [-0.15, -0.1) is 0 Å². The first kappa shape index (κ1) is 22.7. The molecule has 2 aliphatic rings. The molecule has 6 nitrogen and oxygen atoms in total. The number of para-hydroxylation sites is 1. The Morgan fingerprint density at radius 2 is 1.72 bits per heavy atom. The minimum absolute atomic E-state index is 0.0415. The summed E-state index contributed by atoms with van der Waals surface area (Å²) in [5.74, 6) is -0.908. The van der Waals surface area contributed by atoms with Gasteiger partial charge in [-0.3, -0.25) is 4.79 Å². The second-order valence-electron chi connectivity index (χ2n) is 8.67. The monoisotopic (exact) mass is 459 g/mol. The van der Waals surface area contributed by atoms with Crippen molar-refractivity contribution >= 4 is 21.6 Å². The molecule has 0 aromatic heterocycles. The van der Waals surface area contributed by atoms with Crippen LogP contribution in [0.2, 0.25) is 0 Å². The van der Waals surface area contributed by atoms with Gasteiger partial charge in [0.05, 0.1) is 10.8 Å². The fourth-order valence-corrected chi connectivity index (χ4v) is 6.20. The van der Waals surface area contributed by atoms with Crippen LogP contribution in [0.25, 0.3) is 0 Å². The number of anilines is 1. The molecule has 172 valence electrons. The van der Waals surface area contributed by atoms with Gasteiger partial charge in [0.1, 0.15) is 5.82 Å². The van der Waals surface area contributed by atoms with Crippen molar-refractivity contribution in [2.75, 3.05) is 38.1 Å². The molecule has 0 saturated carbocycles. The molecule has 2 heterocycles. The van der Waals surface area contributed by atoms with Crippen molar-refractivity contribution in [3.8, 4) is 0 Å². The van der Waals surface area contributed by atoms with Crippen LogP contribution in [0.4, 0.5) is 10.1 Å². The lowest BCUT2D eigenvalue weighted by molar-refractivity contribution is -0.135. The largest absolute Gasteiger partial charge is 0.371 e. The second-order valence-corrected chi connectivity index (χ2v) is 10.6. The molecule has 2 saturated heterocycles. The molecule has 1 atom stereocenters. The Hall–Kier alpha value is -2.45. The molecule has 2 aliphatic heterocycles. The maximum absolute atomic E-state index is 13.2. The average Bonchev–Trinajstić information content (AvgIpc) is 3.34. The van der Waals surface area contributed by atoms with E-state index in [0.29, 0.717) is 25.9 Å². The number of halogens is 1. The molecular formula is C24H30FN3O3S. The summed E-state index contributed by atoms with van der Waals surface area (Å²) in [7, 11) is -1.97. The maximum Gasteiger partial charge on any atom is 0.243 e. The third kappa shape index (κ3) is 4.81. The molecule has 0 spiro atoms. The van der Waals surface area contributed by atoms with Crippen molar-refractivity contribution in [1.29, 1.82) is 0 Å². The number of hydrogen-bond donors (Lipinski definition) is 0. The molecule has 8 heteroatoms. The normalized spacial score (nSPS) is 19.8. The highest BCUT2D eigenvalue weighted by Crippen LogP contribution is 2.28. The van der Waals surface area contributed by atoms with E-state index in [1.54, 1.807) is 11.9 Å². The van der Waals surface area contributed by atoms with Crippen LogP contribution in [0.1, 0.15) is 31.2 Å². The van der Waals surface area contributed by atoms with Crippen LogP contribution < -0.4 is 4.90 Å². The highest BCUT2D eigenvalue weighted by Gasteiger charge is 2.34. The number of hydrogen-bond acceptors (Lipinski definition) is 4. The number of amides is 1. The van der Waals surface area contributed by atoms with Crippen molar-refractivity contribution in [2.45, 2.75) is 37.1 Å². The van der Waals surface area contributed by atoms with Gasteiger partial charge in [-0.05, 0) is 61.6 Å². The van der Waals surface area contributed by atoms with Crippen LogP contribution >= 0.6 is 0 Å². The molecule has 32 heavy (non-hydrogen) atoms. The molecule has 2 fully saturated rings. The topological polar surface area (TPSA) is 60.9 Å². The molecule has 0 aliphatic carbocycles. The van der Waals surface area contributed by atoms with E-state index in [9.17, 15) is 17.6 Å². The van der Waals surface area contributed by atoms with Gasteiger partial charge in [0.2, 0.25) is 15.9 Å². The standard InChI is InChI=1S/C24H30FN3O3S/c1-26(17-19-7-2-3-9-23(19)27-14-4-5-15-27)24(29)20-8-6-16-28(18-20)32(30,31)22-12-10-21(25)11-13-22/h2-3,7,9-13,20H,4-6,8,14-18H2,1H3/t20-/m1/s1. The summed E-state index contributed by atoms with van der Waals surface area (Å²) in [6, 6.07) is 13.0. The van der Waals surface area contributed by atoms with Crippen LogP contribution in [0.5, 0.6) is 0 Å². The van der Waals surface area contributed by atoms with E-state index in [2.05, 4.69) is 17.0 Å². The number of carbonyl (C=O) groups is 1. The van der Waals surface area contributed by atoms with Crippen molar-refractivity contribution < 1.29 is 17.6 Å². The second kappa shape index (κ2) is 9.58. The Balaban J connectivity index is 1.45. The van der Waals surface area contributed by atoms with Gasteiger partial charge in [0.25, 0.3) is 0 Å². The number of carbonyl (C=O) groups excluding carboxylic acids is 1. The fraction of sp³-hybridized carbons (Fsp3) is 0.458. The van der Waals surface area contributed by atoms with Crippen LogP contribution in [0, 0.1) is 11.7 Å².